The molecule has 2 aromatic rings. The van der Waals surface area contributed by atoms with Crippen LogP contribution in [-0.4, -0.2) is 5.11 Å². The maximum atomic E-state index is 13.0. The van der Waals surface area contributed by atoms with Crippen molar-refractivity contribution in [3.8, 4) is 0 Å². The van der Waals surface area contributed by atoms with Gasteiger partial charge in [0.05, 0.1) is 10.7 Å². The molecule has 20 heavy (non-hydrogen) atoms. The van der Waals surface area contributed by atoms with Gasteiger partial charge in [-0.3, -0.25) is 0 Å². The first-order chi connectivity index (χ1) is 9.44. The van der Waals surface area contributed by atoms with Gasteiger partial charge >= 0.3 is 0 Å². The number of hydrogen-bond donors (Lipinski definition) is 2. The number of rotatable bonds is 2. The normalized spacial score (nSPS) is 10.2. The summed E-state index contributed by atoms with van der Waals surface area (Å²) in [6.45, 7) is 1.92. The monoisotopic (exact) mass is 312 g/mol. The third-order valence-electron chi connectivity index (χ3n) is 2.49. The lowest BCUT2D eigenvalue weighted by Gasteiger charge is -2.12. The lowest BCUT2D eigenvalue weighted by molar-refractivity contribution is 0.584. The number of halogens is 3. The van der Waals surface area contributed by atoms with Crippen LogP contribution in [0.15, 0.2) is 36.4 Å². The molecule has 6 heteroatoms. The second-order valence-corrected chi connectivity index (χ2v) is 5.04. The zero-order chi connectivity index (χ0) is 14.7. The van der Waals surface area contributed by atoms with Crippen molar-refractivity contribution < 1.29 is 8.78 Å². The highest BCUT2D eigenvalue weighted by atomic mass is 35.5. The fourth-order valence-electron chi connectivity index (χ4n) is 1.63. The summed E-state index contributed by atoms with van der Waals surface area (Å²) >= 11 is 11.1. The summed E-state index contributed by atoms with van der Waals surface area (Å²) in [7, 11) is 0. The Balaban J connectivity index is 2.09. The number of aryl methyl sites for hydroxylation is 1. The molecule has 0 radical (unpaired) electrons. The summed E-state index contributed by atoms with van der Waals surface area (Å²) in [5, 5.41) is 6.27. The standard InChI is InChI=1S/C14H11ClF2N2S/c1-8-2-3-13(12(15)4-8)19-14(20)18-11-6-9(16)5-10(17)7-11/h2-7H,1H3,(H2,18,19,20). The van der Waals surface area contributed by atoms with Crippen molar-refractivity contribution in [3.63, 3.8) is 0 Å². The van der Waals surface area contributed by atoms with E-state index in [0.29, 0.717) is 10.7 Å². The molecule has 0 aliphatic carbocycles. The van der Waals surface area contributed by atoms with Gasteiger partial charge in [-0.15, -0.1) is 0 Å². The fourth-order valence-corrected chi connectivity index (χ4v) is 2.14. The molecule has 0 atom stereocenters. The third-order valence-corrected chi connectivity index (χ3v) is 3.01. The van der Waals surface area contributed by atoms with Crippen molar-refractivity contribution in [2.24, 2.45) is 0 Å². The molecule has 0 heterocycles. The van der Waals surface area contributed by atoms with E-state index < -0.39 is 11.6 Å². The molecule has 2 aromatic carbocycles. The highest BCUT2D eigenvalue weighted by Gasteiger charge is 2.05. The summed E-state index contributed by atoms with van der Waals surface area (Å²) < 4.78 is 26.1. The van der Waals surface area contributed by atoms with E-state index in [-0.39, 0.29) is 10.8 Å². The van der Waals surface area contributed by atoms with Crippen LogP contribution in [0.1, 0.15) is 5.56 Å². The molecule has 0 aliphatic rings. The largest absolute Gasteiger partial charge is 0.332 e. The molecule has 2 rings (SSSR count). The lowest BCUT2D eigenvalue weighted by Crippen LogP contribution is -2.19. The van der Waals surface area contributed by atoms with Gasteiger partial charge < -0.3 is 10.6 Å². The number of nitrogens with one attached hydrogen (secondary N) is 2. The summed E-state index contributed by atoms with van der Waals surface area (Å²) in [5.41, 5.74) is 1.86. The minimum Gasteiger partial charge on any atom is -0.332 e. The van der Waals surface area contributed by atoms with Gasteiger partial charge in [0.2, 0.25) is 0 Å². The highest BCUT2D eigenvalue weighted by molar-refractivity contribution is 7.80. The predicted molar refractivity (Wildman–Crippen MR) is 82.4 cm³/mol. The second kappa shape index (κ2) is 6.15. The van der Waals surface area contributed by atoms with Gasteiger partial charge in [-0.2, -0.15) is 0 Å². The van der Waals surface area contributed by atoms with E-state index in [2.05, 4.69) is 10.6 Å². The maximum absolute atomic E-state index is 13.0. The van der Waals surface area contributed by atoms with Crippen molar-refractivity contribution >= 4 is 40.3 Å². The zero-order valence-electron chi connectivity index (χ0n) is 10.5. The van der Waals surface area contributed by atoms with Gasteiger partial charge in [0.25, 0.3) is 0 Å². The molecular formula is C14H11ClF2N2S. The Hall–Kier alpha value is -1.72. The van der Waals surface area contributed by atoms with Crippen LogP contribution >= 0.6 is 23.8 Å². The van der Waals surface area contributed by atoms with Gasteiger partial charge in [-0.25, -0.2) is 8.78 Å². The minimum atomic E-state index is -0.677. The molecule has 2 N–H and O–H groups in total. The van der Waals surface area contributed by atoms with Crippen LogP contribution in [0.3, 0.4) is 0 Å². The van der Waals surface area contributed by atoms with E-state index in [4.69, 9.17) is 23.8 Å². The van der Waals surface area contributed by atoms with E-state index >= 15 is 0 Å². The molecule has 2 nitrogen and oxygen atoms in total. The molecule has 104 valence electrons. The van der Waals surface area contributed by atoms with Gasteiger partial charge in [0, 0.05) is 11.8 Å². The molecule has 0 amide bonds. The quantitative estimate of drug-likeness (QED) is 0.784. The van der Waals surface area contributed by atoms with Gasteiger partial charge in [-0.05, 0) is 49.0 Å². The molecule has 0 aliphatic heterocycles. The van der Waals surface area contributed by atoms with Crippen molar-refractivity contribution in [1.29, 1.82) is 0 Å². The Labute approximate surface area is 125 Å². The predicted octanol–water partition coefficient (Wildman–Crippen LogP) is 4.74. The summed E-state index contributed by atoms with van der Waals surface area (Å²) in [6.07, 6.45) is 0. The van der Waals surface area contributed by atoms with Gasteiger partial charge in [0.15, 0.2) is 5.11 Å². The van der Waals surface area contributed by atoms with Crippen LogP contribution in [-0.2, 0) is 0 Å². The average Bonchev–Trinajstić information content (AvgIpc) is 2.31. The minimum absolute atomic E-state index is 0.195. The molecule has 0 unspecified atom stereocenters. The molecule has 0 fully saturated rings. The van der Waals surface area contributed by atoms with E-state index in [9.17, 15) is 8.78 Å². The van der Waals surface area contributed by atoms with E-state index in [0.717, 1.165) is 23.8 Å². The Morgan fingerprint density at radius 2 is 1.70 bits per heavy atom. The maximum Gasteiger partial charge on any atom is 0.175 e. The lowest BCUT2D eigenvalue weighted by atomic mass is 10.2. The molecule has 0 aromatic heterocycles. The molecule has 0 saturated heterocycles. The average molecular weight is 313 g/mol. The topological polar surface area (TPSA) is 24.1 Å². The first kappa shape index (κ1) is 14.7. The van der Waals surface area contributed by atoms with Crippen LogP contribution in [0.2, 0.25) is 5.02 Å². The van der Waals surface area contributed by atoms with E-state index in [1.54, 1.807) is 12.1 Å². The first-order valence-corrected chi connectivity index (χ1v) is 6.53. The summed E-state index contributed by atoms with van der Waals surface area (Å²) in [5.74, 6) is -1.35. The first-order valence-electron chi connectivity index (χ1n) is 5.74. The Bertz CT molecular complexity index is 641. The van der Waals surface area contributed by atoms with Crippen LogP contribution in [0.4, 0.5) is 20.2 Å². The number of anilines is 2. The van der Waals surface area contributed by atoms with Crippen LogP contribution in [0.25, 0.3) is 0 Å². The summed E-state index contributed by atoms with van der Waals surface area (Å²) in [4.78, 5) is 0. The van der Waals surface area contributed by atoms with Crippen molar-refractivity contribution in [1.82, 2.24) is 0 Å². The summed E-state index contributed by atoms with van der Waals surface area (Å²) in [6, 6.07) is 8.52. The molecule has 0 spiro atoms. The van der Waals surface area contributed by atoms with Crippen molar-refractivity contribution in [3.05, 3.63) is 58.6 Å². The highest BCUT2D eigenvalue weighted by Crippen LogP contribution is 2.23. The second-order valence-electron chi connectivity index (χ2n) is 4.22. The van der Waals surface area contributed by atoms with Crippen LogP contribution in [0, 0.1) is 18.6 Å². The smallest absolute Gasteiger partial charge is 0.175 e. The fraction of sp³-hybridized carbons (Fsp3) is 0.0714. The van der Waals surface area contributed by atoms with Crippen molar-refractivity contribution in [2.45, 2.75) is 6.92 Å². The molecule has 0 bridgehead atoms. The van der Waals surface area contributed by atoms with Gasteiger partial charge in [0.1, 0.15) is 11.6 Å². The van der Waals surface area contributed by atoms with E-state index in [1.165, 1.54) is 0 Å². The van der Waals surface area contributed by atoms with Crippen molar-refractivity contribution in [2.75, 3.05) is 10.6 Å². The van der Waals surface area contributed by atoms with Gasteiger partial charge in [-0.1, -0.05) is 17.7 Å². The van der Waals surface area contributed by atoms with Crippen LogP contribution < -0.4 is 10.6 Å². The SMILES string of the molecule is Cc1ccc(NC(=S)Nc2cc(F)cc(F)c2)c(Cl)c1. The Morgan fingerprint density at radius 3 is 2.30 bits per heavy atom. The molecular weight excluding hydrogens is 302 g/mol. The van der Waals surface area contributed by atoms with Crippen LogP contribution in [0.5, 0.6) is 0 Å². The number of thiocarbonyl (C=S) groups is 1. The third kappa shape index (κ3) is 3.88. The number of hydrogen-bond acceptors (Lipinski definition) is 1. The zero-order valence-corrected chi connectivity index (χ0v) is 12.1. The Kier molecular flexibility index (Phi) is 4.52. The number of benzene rings is 2. The molecule has 0 saturated carbocycles. The Morgan fingerprint density at radius 1 is 1.05 bits per heavy atom. The van der Waals surface area contributed by atoms with E-state index in [1.807, 2.05) is 13.0 Å².